The monoisotopic (exact) mass is 337 g/mol. The van der Waals surface area contributed by atoms with Gasteiger partial charge in [-0.1, -0.05) is 0 Å². The lowest BCUT2D eigenvalue weighted by molar-refractivity contribution is 0.0921. The van der Waals surface area contributed by atoms with Crippen LogP contribution in [0, 0.1) is 11.7 Å². The van der Waals surface area contributed by atoms with Crippen molar-refractivity contribution in [2.45, 2.75) is 6.42 Å². The van der Waals surface area contributed by atoms with Crippen LogP contribution < -0.4 is 5.32 Å². The molecular weight excluding hydrogens is 321 g/mol. The summed E-state index contributed by atoms with van der Waals surface area (Å²) in [6, 6.07) is 8.95. The Kier molecular flexibility index (Phi) is 4.21. The predicted octanol–water partition coefficient (Wildman–Crippen LogP) is 2.25. The first kappa shape index (κ1) is 15.7. The Morgan fingerprint density at radius 1 is 1.22 bits per heavy atom. The third kappa shape index (κ3) is 3.79. The van der Waals surface area contributed by atoms with Crippen LogP contribution >= 0.6 is 0 Å². The van der Waals surface area contributed by atoms with Gasteiger partial charge < -0.3 is 9.73 Å². The number of furan rings is 1. The predicted molar refractivity (Wildman–Crippen MR) is 83.2 cm³/mol. The first-order valence-corrected chi connectivity index (χ1v) is 9.09. The van der Waals surface area contributed by atoms with Crippen molar-refractivity contribution in [2.24, 2.45) is 5.92 Å². The standard InChI is InChI=1S/C16H16FNO4S/c17-13-3-1-12(2-4-13)14-5-6-15(22-14)16(19)18-9-11-7-8-23(20,21)10-11/h1-6,11H,7-10H2,(H,18,19)/t11-/m0/s1. The van der Waals surface area contributed by atoms with E-state index in [9.17, 15) is 17.6 Å². The Hall–Kier alpha value is -2.15. The molecule has 23 heavy (non-hydrogen) atoms. The summed E-state index contributed by atoms with van der Waals surface area (Å²) in [5.41, 5.74) is 0.673. The molecular formula is C16H16FNO4S. The van der Waals surface area contributed by atoms with Crippen LogP contribution in [0.4, 0.5) is 4.39 Å². The van der Waals surface area contributed by atoms with E-state index >= 15 is 0 Å². The molecule has 0 bridgehead atoms. The van der Waals surface area contributed by atoms with Gasteiger partial charge in [0, 0.05) is 12.1 Å². The fourth-order valence-electron chi connectivity index (χ4n) is 2.59. The average Bonchev–Trinajstić information content (AvgIpc) is 3.12. The van der Waals surface area contributed by atoms with Gasteiger partial charge in [0.05, 0.1) is 11.5 Å². The van der Waals surface area contributed by atoms with Crippen molar-refractivity contribution in [1.82, 2.24) is 5.32 Å². The Labute approximate surface area is 133 Å². The first-order valence-electron chi connectivity index (χ1n) is 7.27. The molecule has 0 spiro atoms. The lowest BCUT2D eigenvalue weighted by Crippen LogP contribution is -2.29. The van der Waals surface area contributed by atoms with Gasteiger partial charge in [0.15, 0.2) is 15.6 Å². The average molecular weight is 337 g/mol. The number of benzene rings is 1. The lowest BCUT2D eigenvalue weighted by atomic mass is 10.1. The van der Waals surface area contributed by atoms with E-state index in [0.717, 1.165) is 0 Å². The van der Waals surface area contributed by atoms with E-state index in [1.165, 1.54) is 12.1 Å². The molecule has 1 N–H and O–H groups in total. The van der Waals surface area contributed by atoms with Crippen LogP contribution in [0.1, 0.15) is 17.0 Å². The van der Waals surface area contributed by atoms with Crippen LogP contribution in [0.15, 0.2) is 40.8 Å². The quantitative estimate of drug-likeness (QED) is 0.928. The molecule has 7 heteroatoms. The number of carbonyl (C=O) groups is 1. The highest BCUT2D eigenvalue weighted by atomic mass is 32.2. The van der Waals surface area contributed by atoms with E-state index in [0.29, 0.717) is 24.3 Å². The summed E-state index contributed by atoms with van der Waals surface area (Å²) in [6.07, 6.45) is 0.571. The summed E-state index contributed by atoms with van der Waals surface area (Å²) in [6.45, 7) is 0.310. The second-order valence-electron chi connectivity index (χ2n) is 5.65. The summed E-state index contributed by atoms with van der Waals surface area (Å²) < 4.78 is 41.1. The largest absolute Gasteiger partial charge is 0.451 e. The van der Waals surface area contributed by atoms with Crippen molar-refractivity contribution < 1.29 is 22.0 Å². The van der Waals surface area contributed by atoms with Crippen LogP contribution in [-0.4, -0.2) is 32.4 Å². The molecule has 1 amide bonds. The molecule has 1 atom stereocenters. The van der Waals surface area contributed by atoms with Crippen LogP contribution in [-0.2, 0) is 9.84 Å². The van der Waals surface area contributed by atoms with Gasteiger partial charge in [-0.05, 0) is 48.7 Å². The van der Waals surface area contributed by atoms with Crippen molar-refractivity contribution in [3.05, 3.63) is 48.0 Å². The molecule has 2 aromatic rings. The van der Waals surface area contributed by atoms with Gasteiger partial charge in [0.2, 0.25) is 0 Å². The van der Waals surface area contributed by atoms with Crippen molar-refractivity contribution in [3.8, 4) is 11.3 Å². The third-order valence-electron chi connectivity index (χ3n) is 3.84. The SMILES string of the molecule is O=C(NC[C@@H]1CCS(=O)(=O)C1)c1ccc(-c2ccc(F)cc2)o1. The number of sulfone groups is 1. The van der Waals surface area contributed by atoms with Gasteiger partial charge in [-0.2, -0.15) is 0 Å². The first-order chi connectivity index (χ1) is 10.9. The zero-order valence-electron chi connectivity index (χ0n) is 12.3. The second kappa shape index (κ2) is 6.16. The van der Waals surface area contributed by atoms with Crippen LogP contribution in [0.2, 0.25) is 0 Å². The summed E-state index contributed by atoms with van der Waals surface area (Å²) in [4.78, 5) is 12.0. The lowest BCUT2D eigenvalue weighted by Gasteiger charge is -2.08. The maximum absolute atomic E-state index is 12.9. The molecule has 3 rings (SSSR count). The molecule has 2 heterocycles. The Balaban J connectivity index is 1.61. The maximum atomic E-state index is 12.9. The summed E-state index contributed by atoms with van der Waals surface area (Å²) in [7, 11) is -2.95. The van der Waals surface area contributed by atoms with E-state index in [1.54, 1.807) is 24.3 Å². The van der Waals surface area contributed by atoms with E-state index < -0.39 is 9.84 Å². The number of rotatable bonds is 4. The number of carbonyl (C=O) groups excluding carboxylic acids is 1. The summed E-state index contributed by atoms with van der Waals surface area (Å²) >= 11 is 0. The molecule has 1 saturated heterocycles. The minimum atomic E-state index is -2.95. The van der Waals surface area contributed by atoms with Gasteiger partial charge in [0.1, 0.15) is 11.6 Å². The van der Waals surface area contributed by atoms with Crippen molar-refractivity contribution in [1.29, 1.82) is 0 Å². The Morgan fingerprint density at radius 3 is 2.61 bits per heavy atom. The molecule has 1 fully saturated rings. The van der Waals surface area contributed by atoms with E-state index in [-0.39, 0.29) is 34.9 Å². The number of nitrogens with one attached hydrogen (secondary N) is 1. The minimum Gasteiger partial charge on any atom is -0.451 e. The van der Waals surface area contributed by atoms with Crippen LogP contribution in [0.3, 0.4) is 0 Å². The fraction of sp³-hybridized carbons (Fsp3) is 0.312. The highest BCUT2D eigenvalue weighted by Gasteiger charge is 2.28. The van der Waals surface area contributed by atoms with Crippen molar-refractivity contribution in [2.75, 3.05) is 18.1 Å². The molecule has 1 aromatic carbocycles. The highest BCUT2D eigenvalue weighted by Crippen LogP contribution is 2.22. The van der Waals surface area contributed by atoms with Gasteiger partial charge in [-0.15, -0.1) is 0 Å². The summed E-state index contributed by atoms with van der Waals surface area (Å²) in [5, 5.41) is 2.70. The number of amides is 1. The topological polar surface area (TPSA) is 76.4 Å². The maximum Gasteiger partial charge on any atom is 0.287 e. The molecule has 1 aromatic heterocycles. The van der Waals surface area contributed by atoms with Crippen molar-refractivity contribution in [3.63, 3.8) is 0 Å². The van der Waals surface area contributed by atoms with E-state index in [4.69, 9.17) is 4.42 Å². The van der Waals surface area contributed by atoms with Gasteiger partial charge >= 0.3 is 0 Å². The fourth-order valence-corrected chi connectivity index (χ4v) is 4.45. The zero-order valence-corrected chi connectivity index (χ0v) is 13.1. The van der Waals surface area contributed by atoms with E-state index in [1.807, 2.05) is 0 Å². The Bertz CT molecular complexity index is 811. The second-order valence-corrected chi connectivity index (χ2v) is 7.88. The molecule has 0 unspecified atom stereocenters. The molecule has 1 aliphatic rings. The Morgan fingerprint density at radius 2 is 1.96 bits per heavy atom. The van der Waals surface area contributed by atoms with Gasteiger partial charge in [-0.25, -0.2) is 12.8 Å². The summed E-state index contributed by atoms with van der Waals surface area (Å²) in [5.74, 6) is 0.140. The van der Waals surface area contributed by atoms with E-state index in [2.05, 4.69) is 5.32 Å². The third-order valence-corrected chi connectivity index (χ3v) is 5.67. The number of hydrogen-bond acceptors (Lipinski definition) is 4. The molecule has 0 saturated carbocycles. The molecule has 5 nitrogen and oxygen atoms in total. The molecule has 0 aliphatic carbocycles. The molecule has 1 aliphatic heterocycles. The smallest absolute Gasteiger partial charge is 0.287 e. The molecule has 122 valence electrons. The minimum absolute atomic E-state index is 0.0459. The zero-order chi connectivity index (χ0) is 16.4. The van der Waals surface area contributed by atoms with Crippen LogP contribution in [0.25, 0.3) is 11.3 Å². The highest BCUT2D eigenvalue weighted by molar-refractivity contribution is 7.91. The van der Waals surface area contributed by atoms with Crippen molar-refractivity contribution >= 4 is 15.7 Å². The number of hydrogen-bond donors (Lipinski definition) is 1. The van der Waals surface area contributed by atoms with Gasteiger partial charge in [0.25, 0.3) is 5.91 Å². The van der Waals surface area contributed by atoms with Gasteiger partial charge in [-0.3, -0.25) is 4.79 Å². The number of halogens is 1. The molecule has 0 radical (unpaired) electrons. The van der Waals surface area contributed by atoms with Crippen LogP contribution in [0.5, 0.6) is 0 Å². The normalized spacial score (nSPS) is 19.6.